The SMILES string of the molecule is Fc1cccc(-c2nc3cc[n+](Cc4noc(-c5cccs5)n4)cc3[nH]2)c1F. The minimum Gasteiger partial charge on any atom is -0.333 e. The summed E-state index contributed by atoms with van der Waals surface area (Å²) in [6.45, 7) is 0.396. The predicted molar refractivity (Wildman–Crippen MR) is 98.4 cm³/mol. The topological polar surface area (TPSA) is 71.5 Å². The van der Waals surface area contributed by atoms with Gasteiger partial charge in [0.05, 0.1) is 10.4 Å². The van der Waals surface area contributed by atoms with Crippen LogP contribution >= 0.6 is 11.3 Å². The molecule has 0 atom stereocenters. The van der Waals surface area contributed by atoms with E-state index in [0.29, 0.717) is 29.3 Å². The Balaban J connectivity index is 1.45. The van der Waals surface area contributed by atoms with Gasteiger partial charge in [0, 0.05) is 6.07 Å². The molecule has 9 heteroatoms. The van der Waals surface area contributed by atoms with Crippen molar-refractivity contribution in [3.8, 4) is 22.2 Å². The van der Waals surface area contributed by atoms with E-state index in [1.807, 2.05) is 34.5 Å². The fourth-order valence-corrected chi connectivity index (χ4v) is 3.54. The lowest BCUT2D eigenvalue weighted by atomic mass is 10.2. The normalized spacial score (nSPS) is 11.4. The number of H-pyrrole nitrogens is 1. The zero-order chi connectivity index (χ0) is 19.1. The Hall–Kier alpha value is -3.46. The molecule has 0 bridgehead atoms. The minimum absolute atomic E-state index is 0.0847. The number of thiophene rings is 1. The van der Waals surface area contributed by atoms with E-state index in [9.17, 15) is 8.78 Å². The van der Waals surface area contributed by atoms with Crippen LogP contribution < -0.4 is 4.57 Å². The Bertz CT molecular complexity index is 1280. The third kappa shape index (κ3) is 2.95. The molecule has 6 nitrogen and oxygen atoms in total. The van der Waals surface area contributed by atoms with Gasteiger partial charge in [-0.25, -0.2) is 13.8 Å². The highest BCUT2D eigenvalue weighted by atomic mass is 32.1. The Morgan fingerprint density at radius 3 is 2.89 bits per heavy atom. The van der Waals surface area contributed by atoms with Crippen LogP contribution in [0.15, 0.2) is 58.7 Å². The molecule has 5 rings (SSSR count). The fourth-order valence-electron chi connectivity index (χ4n) is 2.90. The lowest BCUT2D eigenvalue weighted by Gasteiger charge is -1.99. The van der Waals surface area contributed by atoms with E-state index in [2.05, 4.69) is 20.1 Å². The molecule has 0 saturated carbocycles. The van der Waals surface area contributed by atoms with Crippen molar-refractivity contribution in [3.05, 3.63) is 71.6 Å². The number of hydrogen-bond acceptors (Lipinski definition) is 5. The predicted octanol–water partition coefficient (Wildman–Crippen LogP) is 3.96. The first kappa shape index (κ1) is 16.7. The summed E-state index contributed by atoms with van der Waals surface area (Å²) in [5, 5.41) is 5.95. The first-order valence-corrected chi connectivity index (χ1v) is 9.25. The maximum Gasteiger partial charge on any atom is 0.268 e. The van der Waals surface area contributed by atoms with Crippen molar-refractivity contribution in [3.63, 3.8) is 0 Å². The summed E-state index contributed by atoms with van der Waals surface area (Å²) in [5.74, 6) is -0.556. The highest BCUT2D eigenvalue weighted by Crippen LogP contribution is 2.24. The lowest BCUT2D eigenvalue weighted by Crippen LogP contribution is -2.33. The summed E-state index contributed by atoms with van der Waals surface area (Å²) in [4.78, 5) is 12.7. The van der Waals surface area contributed by atoms with E-state index in [-0.39, 0.29) is 11.4 Å². The Morgan fingerprint density at radius 1 is 1.11 bits per heavy atom. The first-order valence-electron chi connectivity index (χ1n) is 8.37. The zero-order valence-corrected chi connectivity index (χ0v) is 15.1. The van der Waals surface area contributed by atoms with Gasteiger partial charge in [0.25, 0.3) is 5.89 Å². The summed E-state index contributed by atoms with van der Waals surface area (Å²) >= 11 is 1.53. The second-order valence-electron chi connectivity index (χ2n) is 6.10. The molecule has 4 heterocycles. The molecule has 0 spiro atoms. The van der Waals surface area contributed by atoms with Crippen molar-refractivity contribution in [2.75, 3.05) is 0 Å². The molecular formula is C19H12F2N5OS+. The molecule has 1 N–H and O–H groups in total. The minimum atomic E-state index is -0.928. The van der Waals surface area contributed by atoms with Crippen LogP contribution in [0.4, 0.5) is 8.78 Å². The molecule has 0 aliphatic heterocycles. The van der Waals surface area contributed by atoms with Crippen LogP contribution in [0.2, 0.25) is 0 Å². The van der Waals surface area contributed by atoms with Crippen molar-refractivity contribution >= 4 is 22.4 Å². The van der Waals surface area contributed by atoms with E-state index in [0.717, 1.165) is 10.9 Å². The van der Waals surface area contributed by atoms with Crippen molar-refractivity contribution in [1.82, 2.24) is 20.1 Å². The molecule has 0 amide bonds. The molecule has 1 aromatic carbocycles. The Morgan fingerprint density at radius 2 is 2.04 bits per heavy atom. The van der Waals surface area contributed by atoms with Gasteiger partial charge in [-0.3, -0.25) is 0 Å². The number of aromatic nitrogens is 5. The van der Waals surface area contributed by atoms with Gasteiger partial charge in [0.15, 0.2) is 24.0 Å². The molecule has 0 unspecified atom stereocenters. The Kier molecular flexibility index (Phi) is 3.94. The van der Waals surface area contributed by atoms with Crippen molar-refractivity contribution in [2.24, 2.45) is 0 Å². The van der Waals surface area contributed by atoms with Gasteiger partial charge < -0.3 is 9.51 Å². The number of imidazole rings is 1. The number of pyridine rings is 1. The third-order valence-corrected chi connectivity index (χ3v) is 5.07. The number of aromatic amines is 1. The number of benzene rings is 1. The third-order valence-electron chi connectivity index (χ3n) is 4.21. The second kappa shape index (κ2) is 6.61. The van der Waals surface area contributed by atoms with E-state index < -0.39 is 11.6 Å². The van der Waals surface area contributed by atoms with Crippen molar-refractivity contribution in [2.45, 2.75) is 6.54 Å². The highest BCUT2D eigenvalue weighted by molar-refractivity contribution is 7.13. The second-order valence-corrected chi connectivity index (χ2v) is 7.04. The van der Waals surface area contributed by atoms with Crippen LogP contribution in [-0.4, -0.2) is 20.1 Å². The summed E-state index contributed by atoms with van der Waals surface area (Å²) in [7, 11) is 0. The monoisotopic (exact) mass is 396 g/mol. The number of halogens is 2. The van der Waals surface area contributed by atoms with Crippen LogP contribution in [0.25, 0.3) is 33.2 Å². The van der Waals surface area contributed by atoms with Gasteiger partial charge in [-0.15, -0.1) is 11.3 Å². The summed E-state index contributed by atoms with van der Waals surface area (Å²) < 4.78 is 34.7. The lowest BCUT2D eigenvalue weighted by molar-refractivity contribution is -0.688. The maximum absolute atomic E-state index is 14.0. The molecule has 0 fully saturated rings. The summed E-state index contributed by atoms with van der Waals surface area (Å²) in [6, 6.07) is 9.62. The van der Waals surface area contributed by atoms with Crippen LogP contribution in [0.1, 0.15) is 5.82 Å². The van der Waals surface area contributed by atoms with Crippen LogP contribution in [0.5, 0.6) is 0 Å². The molecule has 0 saturated heterocycles. The number of nitrogens with zero attached hydrogens (tertiary/aromatic N) is 4. The molecule has 138 valence electrons. The smallest absolute Gasteiger partial charge is 0.268 e. The number of hydrogen-bond donors (Lipinski definition) is 1. The summed E-state index contributed by atoms with van der Waals surface area (Å²) in [5.41, 5.74) is 1.41. The van der Waals surface area contributed by atoms with Gasteiger partial charge in [0.2, 0.25) is 12.4 Å². The standard InChI is InChI=1S/C19H11F2N5OS/c20-12-4-1-3-11(17(12)21)18-22-13-6-7-26(9-14(13)23-18)10-16-24-19(27-25-16)15-5-2-8-28-15/h1-9H,10H2/p+1. The quantitative estimate of drug-likeness (QED) is 0.467. The zero-order valence-electron chi connectivity index (χ0n) is 14.3. The van der Waals surface area contributed by atoms with E-state index in [4.69, 9.17) is 4.52 Å². The highest BCUT2D eigenvalue weighted by Gasteiger charge is 2.17. The average molecular weight is 396 g/mol. The van der Waals surface area contributed by atoms with Crippen molar-refractivity contribution in [1.29, 1.82) is 0 Å². The molecule has 28 heavy (non-hydrogen) atoms. The van der Waals surface area contributed by atoms with E-state index in [1.165, 1.54) is 23.5 Å². The largest absolute Gasteiger partial charge is 0.333 e. The fraction of sp³-hybridized carbons (Fsp3) is 0.0526. The molecule has 5 aromatic rings. The molecule has 0 radical (unpaired) electrons. The van der Waals surface area contributed by atoms with Crippen molar-refractivity contribution < 1.29 is 17.9 Å². The van der Waals surface area contributed by atoms with E-state index >= 15 is 0 Å². The first-order chi connectivity index (χ1) is 13.7. The van der Waals surface area contributed by atoms with Gasteiger partial charge in [-0.05, 0) is 23.6 Å². The van der Waals surface area contributed by atoms with Crippen LogP contribution in [-0.2, 0) is 6.54 Å². The van der Waals surface area contributed by atoms with Crippen LogP contribution in [0, 0.1) is 11.6 Å². The maximum atomic E-state index is 14.0. The number of rotatable bonds is 4. The number of fused-ring (bicyclic) bond motifs is 1. The van der Waals surface area contributed by atoms with Crippen LogP contribution in [0.3, 0.4) is 0 Å². The Labute approximate surface area is 161 Å². The molecule has 4 aromatic heterocycles. The van der Waals surface area contributed by atoms with Gasteiger partial charge in [-0.2, -0.15) is 9.55 Å². The average Bonchev–Trinajstić information content (AvgIpc) is 3.43. The molecular weight excluding hydrogens is 384 g/mol. The number of nitrogens with one attached hydrogen (secondary N) is 1. The van der Waals surface area contributed by atoms with Gasteiger partial charge in [0.1, 0.15) is 16.9 Å². The molecule has 0 aliphatic rings. The van der Waals surface area contributed by atoms with E-state index in [1.54, 1.807) is 6.07 Å². The van der Waals surface area contributed by atoms with Gasteiger partial charge >= 0.3 is 0 Å². The molecule has 0 aliphatic carbocycles. The van der Waals surface area contributed by atoms with Gasteiger partial charge in [-0.1, -0.05) is 17.3 Å². The summed E-state index contributed by atoms with van der Waals surface area (Å²) in [6.07, 6.45) is 3.63.